The van der Waals surface area contributed by atoms with Crippen molar-refractivity contribution >= 4 is 49.7 Å². The van der Waals surface area contributed by atoms with Gasteiger partial charge in [0.25, 0.3) is 0 Å². The van der Waals surface area contributed by atoms with Gasteiger partial charge in [-0.1, -0.05) is 48.0 Å². The van der Waals surface area contributed by atoms with Crippen LogP contribution in [0.25, 0.3) is 10.8 Å². The van der Waals surface area contributed by atoms with Gasteiger partial charge in [-0.25, -0.2) is 8.42 Å². The molecule has 3 rings (SSSR count). The fourth-order valence-corrected chi connectivity index (χ4v) is 3.99. The molecule has 0 aliphatic rings. The second-order valence-electron chi connectivity index (χ2n) is 6.28. The summed E-state index contributed by atoms with van der Waals surface area (Å²) in [6.45, 7) is 1.50. The Morgan fingerprint density at radius 1 is 1.07 bits per heavy atom. The number of hydrogen-bond acceptors (Lipinski definition) is 3. The Morgan fingerprint density at radius 2 is 1.78 bits per heavy atom. The molecule has 0 fully saturated rings. The molecule has 0 aromatic heterocycles. The van der Waals surface area contributed by atoms with E-state index >= 15 is 0 Å². The number of halogens is 1. The molecule has 0 radical (unpaired) electrons. The lowest BCUT2D eigenvalue weighted by Crippen LogP contribution is -2.37. The SMILES string of the molecule is Cc1cc(Cl)ccc1NC(=O)CN(c1cccc2ccccc12)S(C)(=O)=O. The lowest BCUT2D eigenvalue weighted by Gasteiger charge is -2.23. The summed E-state index contributed by atoms with van der Waals surface area (Å²) >= 11 is 5.93. The molecule has 0 saturated heterocycles. The van der Waals surface area contributed by atoms with Gasteiger partial charge in [0.15, 0.2) is 0 Å². The van der Waals surface area contributed by atoms with Gasteiger partial charge in [-0.15, -0.1) is 0 Å². The molecule has 0 bridgehead atoms. The number of nitrogens with one attached hydrogen (secondary N) is 1. The van der Waals surface area contributed by atoms with Crippen LogP contribution < -0.4 is 9.62 Å². The summed E-state index contributed by atoms with van der Waals surface area (Å²) < 4.78 is 25.9. The van der Waals surface area contributed by atoms with Crippen LogP contribution in [0.3, 0.4) is 0 Å². The van der Waals surface area contributed by atoms with Crippen molar-refractivity contribution < 1.29 is 13.2 Å². The van der Waals surface area contributed by atoms with E-state index in [0.717, 1.165) is 26.9 Å². The lowest BCUT2D eigenvalue weighted by molar-refractivity contribution is -0.114. The number of hydrogen-bond donors (Lipinski definition) is 1. The van der Waals surface area contributed by atoms with Gasteiger partial charge in [0, 0.05) is 16.1 Å². The fraction of sp³-hybridized carbons (Fsp3) is 0.150. The number of nitrogens with zero attached hydrogens (tertiary/aromatic N) is 1. The number of fused-ring (bicyclic) bond motifs is 1. The van der Waals surface area contributed by atoms with E-state index in [-0.39, 0.29) is 6.54 Å². The molecule has 0 saturated carbocycles. The van der Waals surface area contributed by atoms with Gasteiger partial charge in [0.1, 0.15) is 6.54 Å². The Hall–Kier alpha value is -2.57. The molecule has 5 nitrogen and oxygen atoms in total. The summed E-state index contributed by atoms with van der Waals surface area (Å²) in [6, 6.07) is 17.9. The van der Waals surface area contributed by atoms with E-state index in [9.17, 15) is 13.2 Å². The normalized spacial score (nSPS) is 11.4. The number of sulfonamides is 1. The molecular formula is C20H19ClN2O3S. The predicted molar refractivity (Wildman–Crippen MR) is 111 cm³/mol. The third kappa shape index (κ3) is 4.40. The van der Waals surface area contributed by atoms with Gasteiger partial charge >= 0.3 is 0 Å². The first kappa shape index (κ1) is 19.2. The Bertz CT molecular complexity index is 1110. The van der Waals surface area contributed by atoms with Crippen LogP contribution in [-0.2, 0) is 14.8 Å². The van der Waals surface area contributed by atoms with Gasteiger partial charge in [-0.2, -0.15) is 0 Å². The van der Waals surface area contributed by atoms with E-state index in [0.29, 0.717) is 16.4 Å². The minimum Gasteiger partial charge on any atom is -0.324 e. The molecule has 0 unspecified atom stereocenters. The second-order valence-corrected chi connectivity index (χ2v) is 8.62. The van der Waals surface area contributed by atoms with Crippen molar-refractivity contribution in [2.24, 2.45) is 0 Å². The first-order valence-corrected chi connectivity index (χ1v) is 10.5. The van der Waals surface area contributed by atoms with Crippen molar-refractivity contribution in [2.45, 2.75) is 6.92 Å². The molecule has 3 aromatic rings. The largest absolute Gasteiger partial charge is 0.324 e. The average Bonchev–Trinajstić information content (AvgIpc) is 2.61. The van der Waals surface area contributed by atoms with Crippen LogP contribution in [0.2, 0.25) is 5.02 Å². The zero-order valence-corrected chi connectivity index (χ0v) is 16.5. The molecule has 0 aliphatic carbocycles. The van der Waals surface area contributed by atoms with Gasteiger partial charge in [0.05, 0.1) is 11.9 Å². The first-order valence-electron chi connectivity index (χ1n) is 8.27. The highest BCUT2D eigenvalue weighted by atomic mass is 35.5. The molecule has 1 N–H and O–H groups in total. The second kappa shape index (κ2) is 7.58. The highest BCUT2D eigenvalue weighted by Crippen LogP contribution is 2.28. The summed E-state index contributed by atoms with van der Waals surface area (Å²) in [4.78, 5) is 12.6. The maximum atomic E-state index is 12.6. The van der Waals surface area contributed by atoms with E-state index in [1.807, 2.05) is 37.3 Å². The number of carbonyl (C=O) groups excluding carboxylic acids is 1. The Morgan fingerprint density at radius 3 is 2.48 bits per heavy atom. The molecule has 0 atom stereocenters. The molecule has 0 aliphatic heterocycles. The summed E-state index contributed by atoms with van der Waals surface area (Å²) in [5.74, 6) is -0.432. The third-order valence-electron chi connectivity index (χ3n) is 4.19. The zero-order chi connectivity index (χ0) is 19.6. The van der Waals surface area contributed by atoms with Crippen molar-refractivity contribution in [2.75, 3.05) is 22.4 Å². The van der Waals surface area contributed by atoms with Crippen LogP contribution in [0, 0.1) is 6.92 Å². The fourth-order valence-electron chi connectivity index (χ4n) is 2.89. The van der Waals surface area contributed by atoms with Crippen LogP contribution in [-0.4, -0.2) is 27.1 Å². The van der Waals surface area contributed by atoms with Gasteiger partial charge in [-0.05, 0) is 42.1 Å². The summed E-state index contributed by atoms with van der Waals surface area (Å²) in [5, 5.41) is 4.99. The molecule has 27 heavy (non-hydrogen) atoms. The maximum absolute atomic E-state index is 12.6. The van der Waals surface area contributed by atoms with Gasteiger partial charge < -0.3 is 5.32 Å². The van der Waals surface area contributed by atoms with Crippen molar-refractivity contribution in [3.63, 3.8) is 0 Å². The van der Waals surface area contributed by atoms with E-state index in [4.69, 9.17) is 11.6 Å². The third-order valence-corrected chi connectivity index (χ3v) is 5.55. The molecule has 0 heterocycles. The Kier molecular flexibility index (Phi) is 5.39. The number of benzene rings is 3. The van der Waals surface area contributed by atoms with E-state index in [1.165, 1.54) is 0 Å². The zero-order valence-electron chi connectivity index (χ0n) is 14.9. The minimum absolute atomic E-state index is 0.324. The predicted octanol–water partition coefficient (Wildman–Crippen LogP) is 4.21. The Balaban J connectivity index is 1.93. The van der Waals surface area contributed by atoms with Crippen molar-refractivity contribution in [3.05, 3.63) is 71.2 Å². The monoisotopic (exact) mass is 402 g/mol. The quantitative estimate of drug-likeness (QED) is 0.695. The number of anilines is 2. The first-order chi connectivity index (χ1) is 12.8. The van der Waals surface area contributed by atoms with E-state index in [1.54, 1.807) is 30.3 Å². The molecule has 140 valence electrons. The van der Waals surface area contributed by atoms with Crippen LogP contribution in [0.1, 0.15) is 5.56 Å². The van der Waals surface area contributed by atoms with Crippen LogP contribution in [0.15, 0.2) is 60.7 Å². The van der Waals surface area contributed by atoms with Gasteiger partial charge in [-0.3, -0.25) is 9.10 Å². The van der Waals surface area contributed by atoms with Crippen LogP contribution in [0.4, 0.5) is 11.4 Å². The van der Waals surface area contributed by atoms with Crippen LogP contribution in [0.5, 0.6) is 0 Å². The highest BCUT2D eigenvalue weighted by molar-refractivity contribution is 7.92. The Labute approximate surface area is 163 Å². The van der Waals surface area contributed by atoms with E-state index in [2.05, 4.69) is 5.32 Å². The molecule has 1 amide bonds. The molecule has 3 aromatic carbocycles. The minimum atomic E-state index is -3.66. The lowest BCUT2D eigenvalue weighted by atomic mass is 10.1. The number of carbonyl (C=O) groups is 1. The molecule has 7 heteroatoms. The number of amides is 1. The topological polar surface area (TPSA) is 66.5 Å². The van der Waals surface area contributed by atoms with Crippen molar-refractivity contribution in [1.29, 1.82) is 0 Å². The summed E-state index contributed by atoms with van der Waals surface area (Å²) in [6.07, 6.45) is 1.09. The standard InChI is InChI=1S/C20H19ClN2O3S/c1-14-12-16(21)10-11-18(14)22-20(24)13-23(27(2,25)26)19-9-5-7-15-6-3-4-8-17(15)19/h3-12H,13H2,1-2H3,(H,22,24). The van der Waals surface area contributed by atoms with Crippen molar-refractivity contribution in [1.82, 2.24) is 0 Å². The highest BCUT2D eigenvalue weighted by Gasteiger charge is 2.22. The van der Waals surface area contributed by atoms with E-state index < -0.39 is 15.9 Å². The van der Waals surface area contributed by atoms with Gasteiger partial charge in [0.2, 0.25) is 15.9 Å². The summed E-state index contributed by atoms with van der Waals surface area (Å²) in [7, 11) is -3.66. The molecular weight excluding hydrogens is 384 g/mol. The smallest absolute Gasteiger partial charge is 0.245 e. The number of rotatable bonds is 5. The number of aryl methyl sites for hydroxylation is 1. The summed E-state index contributed by atoms with van der Waals surface area (Å²) in [5.41, 5.74) is 1.86. The maximum Gasteiger partial charge on any atom is 0.245 e. The van der Waals surface area contributed by atoms with Crippen molar-refractivity contribution in [3.8, 4) is 0 Å². The van der Waals surface area contributed by atoms with Crippen LogP contribution >= 0.6 is 11.6 Å². The molecule has 0 spiro atoms. The average molecular weight is 403 g/mol.